The first-order chi connectivity index (χ1) is 11.4. The molecule has 0 spiro atoms. The Bertz CT molecular complexity index is 754. The van der Waals surface area contributed by atoms with Gasteiger partial charge in [0, 0.05) is 37.7 Å². The van der Waals surface area contributed by atoms with Crippen LogP contribution >= 0.6 is 11.3 Å². The van der Waals surface area contributed by atoms with E-state index in [9.17, 15) is 0 Å². The molecule has 0 atom stereocenters. The van der Waals surface area contributed by atoms with Crippen LogP contribution in [0.2, 0.25) is 0 Å². The number of nitrogens with one attached hydrogen (secondary N) is 1. The largest absolute Gasteiger partial charge is 0.360 e. The van der Waals surface area contributed by atoms with Gasteiger partial charge in [-0.25, -0.2) is 4.98 Å². The third kappa shape index (κ3) is 3.27. The van der Waals surface area contributed by atoms with Gasteiger partial charge in [0.1, 0.15) is 10.8 Å². The molecule has 1 aliphatic rings. The third-order valence-corrected chi connectivity index (χ3v) is 4.99. The first-order valence-corrected chi connectivity index (χ1v) is 8.88. The highest BCUT2D eigenvalue weighted by Crippen LogP contribution is 2.25. The molecule has 4 rings (SSSR count). The molecule has 0 bridgehead atoms. The van der Waals surface area contributed by atoms with Gasteiger partial charge in [0.15, 0.2) is 0 Å². The van der Waals surface area contributed by atoms with E-state index in [2.05, 4.69) is 38.4 Å². The lowest BCUT2D eigenvalue weighted by Crippen LogP contribution is -2.08. The van der Waals surface area contributed by atoms with E-state index in [1.807, 2.05) is 18.2 Å². The molecule has 1 aromatic carbocycles. The van der Waals surface area contributed by atoms with Gasteiger partial charge in [-0.05, 0) is 12.8 Å². The Morgan fingerprint density at radius 2 is 2.04 bits per heavy atom. The van der Waals surface area contributed by atoms with Crippen molar-refractivity contribution in [2.45, 2.75) is 32.2 Å². The van der Waals surface area contributed by atoms with Crippen molar-refractivity contribution in [2.24, 2.45) is 0 Å². The van der Waals surface area contributed by atoms with Crippen LogP contribution < -0.4 is 5.32 Å². The molecule has 5 nitrogen and oxygen atoms in total. The van der Waals surface area contributed by atoms with Crippen molar-refractivity contribution in [3.8, 4) is 10.6 Å². The van der Waals surface area contributed by atoms with Crippen molar-refractivity contribution in [2.75, 3.05) is 11.9 Å². The van der Waals surface area contributed by atoms with E-state index < -0.39 is 0 Å². The van der Waals surface area contributed by atoms with Gasteiger partial charge in [-0.2, -0.15) is 0 Å². The molecule has 1 N–H and O–H groups in total. The van der Waals surface area contributed by atoms with Crippen LogP contribution in [0.5, 0.6) is 0 Å². The van der Waals surface area contributed by atoms with Crippen molar-refractivity contribution < 1.29 is 0 Å². The van der Waals surface area contributed by atoms with Crippen molar-refractivity contribution in [3.63, 3.8) is 0 Å². The van der Waals surface area contributed by atoms with Gasteiger partial charge in [-0.1, -0.05) is 41.7 Å². The van der Waals surface area contributed by atoms with Gasteiger partial charge in [0.25, 0.3) is 0 Å². The van der Waals surface area contributed by atoms with E-state index >= 15 is 0 Å². The van der Waals surface area contributed by atoms with Crippen LogP contribution in [0.15, 0.2) is 36.5 Å². The summed E-state index contributed by atoms with van der Waals surface area (Å²) in [6, 6.07) is 10.2. The summed E-state index contributed by atoms with van der Waals surface area (Å²) in [4.78, 5) is 4.73. The maximum absolute atomic E-state index is 4.73. The normalized spacial score (nSPS) is 13.7. The Morgan fingerprint density at radius 1 is 1.13 bits per heavy atom. The Kier molecular flexibility index (Phi) is 4.06. The van der Waals surface area contributed by atoms with E-state index in [1.165, 1.54) is 24.4 Å². The molecule has 0 saturated heterocycles. The topological polar surface area (TPSA) is 55.6 Å². The highest BCUT2D eigenvalue weighted by molar-refractivity contribution is 7.18. The first-order valence-electron chi connectivity index (χ1n) is 8.06. The summed E-state index contributed by atoms with van der Waals surface area (Å²) in [5.74, 6) is 1.24. The second-order valence-electron chi connectivity index (χ2n) is 5.75. The molecule has 3 aromatic rings. The average molecular weight is 325 g/mol. The summed E-state index contributed by atoms with van der Waals surface area (Å²) in [6.45, 7) is 1.95. The van der Waals surface area contributed by atoms with E-state index in [-0.39, 0.29) is 0 Å². The van der Waals surface area contributed by atoms with E-state index in [4.69, 9.17) is 4.98 Å². The minimum atomic E-state index is 0.833. The van der Waals surface area contributed by atoms with E-state index in [0.29, 0.717) is 0 Å². The Hall–Kier alpha value is -2.21. The molecule has 6 heteroatoms. The third-order valence-electron chi connectivity index (χ3n) is 4.06. The van der Waals surface area contributed by atoms with Gasteiger partial charge in [0.2, 0.25) is 5.13 Å². The SMILES string of the molecule is c1ccc(-c2nnc(NCCc3cn4c(n3)CCCC4)s2)cc1. The number of hydrogen-bond donors (Lipinski definition) is 1. The zero-order valence-electron chi connectivity index (χ0n) is 12.9. The number of fused-ring (bicyclic) bond motifs is 1. The molecule has 0 aliphatic carbocycles. The first kappa shape index (κ1) is 14.4. The predicted molar refractivity (Wildman–Crippen MR) is 92.7 cm³/mol. The number of aromatic nitrogens is 4. The molecular formula is C17H19N5S. The van der Waals surface area contributed by atoms with E-state index in [1.54, 1.807) is 11.3 Å². The van der Waals surface area contributed by atoms with Gasteiger partial charge < -0.3 is 9.88 Å². The molecule has 0 fully saturated rings. The number of hydrogen-bond acceptors (Lipinski definition) is 5. The van der Waals surface area contributed by atoms with Crippen molar-refractivity contribution in [1.82, 2.24) is 19.7 Å². The zero-order valence-corrected chi connectivity index (χ0v) is 13.7. The number of aryl methyl sites for hydroxylation is 2. The minimum absolute atomic E-state index is 0.833. The van der Waals surface area contributed by atoms with Crippen molar-refractivity contribution in [3.05, 3.63) is 48.0 Å². The van der Waals surface area contributed by atoms with Gasteiger partial charge in [-0.3, -0.25) is 0 Å². The Balaban J connectivity index is 1.35. The predicted octanol–water partition coefficient (Wildman–Crippen LogP) is 3.39. The number of imidazole rings is 1. The van der Waals surface area contributed by atoms with Crippen LogP contribution in [0.4, 0.5) is 5.13 Å². The lowest BCUT2D eigenvalue weighted by Gasteiger charge is -2.11. The fourth-order valence-electron chi connectivity index (χ4n) is 2.88. The van der Waals surface area contributed by atoms with Crippen molar-refractivity contribution >= 4 is 16.5 Å². The fourth-order valence-corrected chi connectivity index (χ4v) is 3.66. The second kappa shape index (κ2) is 6.50. The van der Waals surface area contributed by atoms with Crippen LogP contribution in [-0.4, -0.2) is 26.3 Å². The molecule has 0 radical (unpaired) electrons. The summed E-state index contributed by atoms with van der Waals surface area (Å²) >= 11 is 1.59. The average Bonchev–Trinajstić information content (AvgIpc) is 3.22. The molecular weight excluding hydrogens is 306 g/mol. The summed E-state index contributed by atoms with van der Waals surface area (Å²) in [6.07, 6.45) is 6.77. The summed E-state index contributed by atoms with van der Waals surface area (Å²) in [7, 11) is 0. The molecule has 2 aromatic heterocycles. The van der Waals surface area contributed by atoms with Crippen LogP contribution in [0.3, 0.4) is 0 Å². The van der Waals surface area contributed by atoms with Crippen molar-refractivity contribution in [1.29, 1.82) is 0 Å². The van der Waals surface area contributed by atoms with Crippen LogP contribution in [-0.2, 0) is 19.4 Å². The molecule has 1 aliphatic heterocycles. The molecule has 3 heterocycles. The van der Waals surface area contributed by atoms with Gasteiger partial charge in [0.05, 0.1) is 5.69 Å². The maximum atomic E-state index is 4.73. The molecule has 0 amide bonds. The lowest BCUT2D eigenvalue weighted by molar-refractivity contribution is 0.522. The second-order valence-corrected chi connectivity index (χ2v) is 6.73. The summed E-state index contributed by atoms with van der Waals surface area (Å²) in [5.41, 5.74) is 2.28. The van der Waals surface area contributed by atoms with Crippen LogP contribution in [0, 0.1) is 0 Å². The smallest absolute Gasteiger partial charge is 0.206 e. The van der Waals surface area contributed by atoms with Crippen LogP contribution in [0.25, 0.3) is 10.6 Å². The van der Waals surface area contributed by atoms with Gasteiger partial charge >= 0.3 is 0 Å². The van der Waals surface area contributed by atoms with Gasteiger partial charge in [-0.15, -0.1) is 10.2 Å². The Labute approximate surface area is 139 Å². The maximum Gasteiger partial charge on any atom is 0.206 e. The number of nitrogens with zero attached hydrogens (tertiary/aromatic N) is 4. The highest BCUT2D eigenvalue weighted by Gasteiger charge is 2.12. The molecule has 0 unspecified atom stereocenters. The standard InChI is InChI=1S/C17H19N5S/c1-2-6-13(7-3-1)16-20-21-17(23-16)18-10-9-14-12-22-11-5-4-8-15(22)19-14/h1-3,6-7,12H,4-5,8-11H2,(H,18,21). The lowest BCUT2D eigenvalue weighted by atomic mass is 10.2. The highest BCUT2D eigenvalue weighted by atomic mass is 32.1. The number of benzene rings is 1. The monoisotopic (exact) mass is 325 g/mol. The number of rotatable bonds is 5. The minimum Gasteiger partial charge on any atom is -0.360 e. The van der Waals surface area contributed by atoms with Crippen LogP contribution in [0.1, 0.15) is 24.4 Å². The molecule has 0 saturated carbocycles. The molecule has 118 valence electrons. The summed E-state index contributed by atoms with van der Waals surface area (Å²) < 4.78 is 2.30. The quantitative estimate of drug-likeness (QED) is 0.781. The fraction of sp³-hybridized carbons (Fsp3) is 0.353. The van der Waals surface area contributed by atoms with E-state index in [0.717, 1.165) is 41.6 Å². The Morgan fingerprint density at radius 3 is 2.91 bits per heavy atom. The number of anilines is 1. The summed E-state index contributed by atoms with van der Waals surface area (Å²) in [5, 5.41) is 13.6. The zero-order chi connectivity index (χ0) is 15.5. The molecule has 23 heavy (non-hydrogen) atoms.